The van der Waals surface area contributed by atoms with Gasteiger partial charge in [0.2, 0.25) is 5.88 Å². The van der Waals surface area contributed by atoms with Gasteiger partial charge < -0.3 is 10.3 Å². The van der Waals surface area contributed by atoms with Crippen LogP contribution in [0, 0.1) is 5.82 Å². The molecule has 0 amide bonds. The summed E-state index contributed by atoms with van der Waals surface area (Å²) in [5.41, 5.74) is 7.78. The first-order chi connectivity index (χ1) is 9.27. The predicted molar refractivity (Wildman–Crippen MR) is 69.5 cm³/mol. The Kier molecular flexibility index (Phi) is 2.72. The third kappa shape index (κ3) is 1.95. The molecule has 3 aromatic rings. The topological polar surface area (TPSA) is 64.9 Å². The van der Waals surface area contributed by atoms with Crippen LogP contribution in [-0.2, 0) is 0 Å². The Labute approximate surface area is 108 Å². The zero-order valence-electron chi connectivity index (χ0n) is 9.88. The lowest BCUT2D eigenvalue weighted by Gasteiger charge is -2.03. The molecule has 0 saturated heterocycles. The van der Waals surface area contributed by atoms with Gasteiger partial charge in [-0.3, -0.25) is 4.98 Å². The van der Waals surface area contributed by atoms with Crippen LogP contribution in [-0.4, -0.2) is 10.1 Å². The highest BCUT2D eigenvalue weighted by Gasteiger charge is 2.19. The zero-order valence-corrected chi connectivity index (χ0v) is 9.88. The molecule has 3 rings (SSSR count). The van der Waals surface area contributed by atoms with Crippen molar-refractivity contribution in [2.24, 2.45) is 0 Å². The lowest BCUT2D eigenvalue weighted by atomic mass is 10.0. The predicted octanol–water partition coefficient (Wildman–Crippen LogP) is 3.12. The van der Waals surface area contributed by atoms with Crippen LogP contribution in [0.5, 0.6) is 0 Å². The van der Waals surface area contributed by atoms with Crippen molar-refractivity contribution in [2.45, 2.75) is 0 Å². The molecule has 2 aromatic heterocycles. The summed E-state index contributed by atoms with van der Waals surface area (Å²) < 4.78 is 18.9. The average molecular weight is 255 g/mol. The van der Waals surface area contributed by atoms with E-state index >= 15 is 0 Å². The van der Waals surface area contributed by atoms with Crippen molar-refractivity contribution in [1.29, 1.82) is 0 Å². The number of rotatable bonds is 2. The molecule has 0 saturated carbocycles. The van der Waals surface area contributed by atoms with E-state index in [2.05, 4.69) is 10.1 Å². The molecule has 2 N–H and O–H groups in total. The number of hydrogen-bond acceptors (Lipinski definition) is 4. The van der Waals surface area contributed by atoms with Gasteiger partial charge in [-0.15, -0.1) is 0 Å². The molecule has 0 bridgehead atoms. The maximum atomic E-state index is 13.9. The fraction of sp³-hybridized carbons (Fsp3) is 0. The number of anilines is 1. The van der Waals surface area contributed by atoms with Gasteiger partial charge in [-0.05, 0) is 18.2 Å². The monoisotopic (exact) mass is 255 g/mol. The second kappa shape index (κ2) is 4.53. The molecule has 0 atom stereocenters. The lowest BCUT2D eigenvalue weighted by Crippen LogP contribution is -1.90. The van der Waals surface area contributed by atoms with E-state index in [1.807, 2.05) is 6.07 Å². The Balaban J connectivity index is 2.23. The molecule has 4 nitrogen and oxygen atoms in total. The maximum Gasteiger partial charge on any atom is 0.230 e. The zero-order chi connectivity index (χ0) is 13.2. The molecule has 0 spiro atoms. The number of hydrogen-bond donors (Lipinski definition) is 1. The van der Waals surface area contributed by atoms with E-state index in [1.54, 1.807) is 36.7 Å². The molecule has 94 valence electrons. The number of nitrogens with two attached hydrogens (primary N) is 1. The molecule has 0 unspecified atom stereocenters. The third-order valence-corrected chi connectivity index (χ3v) is 2.80. The summed E-state index contributed by atoms with van der Waals surface area (Å²) in [6, 6.07) is 9.94. The van der Waals surface area contributed by atoms with Crippen molar-refractivity contribution >= 4 is 5.88 Å². The van der Waals surface area contributed by atoms with Gasteiger partial charge in [0.25, 0.3) is 0 Å². The van der Waals surface area contributed by atoms with Crippen molar-refractivity contribution in [1.82, 2.24) is 10.1 Å². The molecule has 0 aliphatic rings. The van der Waals surface area contributed by atoms with Gasteiger partial charge in [-0.1, -0.05) is 23.4 Å². The van der Waals surface area contributed by atoms with Crippen LogP contribution in [0.4, 0.5) is 10.3 Å². The highest BCUT2D eigenvalue weighted by molar-refractivity contribution is 5.86. The van der Waals surface area contributed by atoms with Crippen LogP contribution in [0.15, 0.2) is 53.3 Å². The molecule has 0 aliphatic heterocycles. The molecule has 2 heterocycles. The molecule has 0 radical (unpaired) electrons. The van der Waals surface area contributed by atoms with Crippen molar-refractivity contribution in [3.8, 4) is 22.4 Å². The largest absolute Gasteiger partial charge is 0.367 e. The number of halogens is 1. The standard InChI is InChI=1S/C14H10FN3O/c15-11-6-2-1-5-10(11)12-13(18-19-14(12)16)9-4-3-7-17-8-9/h1-8H,16H2. The van der Waals surface area contributed by atoms with Crippen molar-refractivity contribution in [2.75, 3.05) is 5.73 Å². The van der Waals surface area contributed by atoms with Crippen LogP contribution in [0.1, 0.15) is 0 Å². The smallest absolute Gasteiger partial charge is 0.230 e. The van der Waals surface area contributed by atoms with E-state index in [0.717, 1.165) is 5.56 Å². The summed E-state index contributed by atoms with van der Waals surface area (Å²) in [5.74, 6) is -0.286. The first kappa shape index (κ1) is 11.4. The highest BCUT2D eigenvalue weighted by Crippen LogP contribution is 2.36. The average Bonchev–Trinajstić information content (AvgIpc) is 2.82. The van der Waals surface area contributed by atoms with Gasteiger partial charge in [0, 0.05) is 23.5 Å². The molecular weight excluding hydrogens is 245 g/mol. The number of nitrogens with zero attached hydrogens (tertiary/aromatic N) is 2. The van der Waals surface area contributed by atoms with Crippen LogP contribution >= 0.6 is 0 Å². The Hall–Kier alpha value is -2.69. The van der Waals surface area contributed by atoms with Crippen molar-refractivity contribution < 1.29 is 8.91 Å². The molecular formula is C14H10FN3O. The van der Waals surface area contributed by atoms with Crippen LogP contribution in [0.25, 0.3) is 22.4 Å². The summed E-state index contributed by atoms with van der Waals surface area (Å²) in [4.78, 5) is 4.01. The molecule has 19 heavy (non-hydrogen) atoms. The Bertz CT molecular complexity index is 710. The van der Waals surface area contributed by atoms with Gasteiger partial charge in [-0.25, -0.2) is 4.39 Å². The van der Waals surface area contributed by atoms with Gasteiger partial charge in [0.15, 0.2) is 0 Å². The first-order valence-corrected chi connectivity index (χ1v) is 5.68. The van der Waals surface area contributed by atoms with Crippen molar-refractivity contribution in [3.05, 3.63) is 54.6 Å². The van der Waals surface area contributed by atoms with E-state index in [-0.39, 0.29) is 11.7 Å². The van der Waals surface area contributed by atoms with Crippen molar-refractivity contribution in [3.63, 3.8) is 0 Å². The summed E-state index contributed by atoms with van der Waals surface area (Å²) in [5, 5.41) is 3.90. The van der Waals surface area contributed by atoms with E-state index in [9.17, 15) is 4.39 Å². The van der Waals surface area contributed by atoms with E-state index in [0.29, 0.717) is 16.8 Å². The number of nitrogen functional groups attached to an aromatic ring is 1. The van der Waals surface area contributed by atoms with Gasteiger partial charge in [0.1, 0.15) is 11.5 Å². The molecule has 0 fully saturated rings. The van der Waals surface area contributed by atoms with E-state index in [4.69, 9.17) is 10.3 Å². The highest BCUT2D eigenvalue weighted by atomic mass is 19.1. The van der Waals surface area contributed by atoms with Crippen LogP contribution in [0.3, 0.4) is 0 Å². The summed E-state index contributed by atoms with van der Waals surface area (Å²) in [6.07, 6.45) is 3.28. The Morgan fingerprint density at radius 1 is 1.11 bits per heavy atom. The summed E-state index contributed by atoms with van der Waals surface area (Å²) in [7, 11) is 0. The SMILES string of the molecule is Nc1onc(-c2cccnc2)c1-c1ccccc1F. The molecule has 0 aliphatic carbocycles. The van der Waals surface area contributed by atoms with Gasteiger partial charge in [-0.2, -0.15) is 0 Å². The van der Waals surface area contributed by atoms with Gasteiger partial charge >= 0.3 is 0 Å². The number of aromatic nitrogens is 2. The quantitative estimate of drug-likeness (QED) is 0.764. The number of pyridine rings is 1. The number of benzene rings is 1. The maximum absolute atomic E-state index is 13.9. The fourth-order valence-corrected chi connectivity index (χ4v) is 1.93. The molecule has 1 aromatic carbocycles. The molecule has 5 heteroatoms. The van der Waals surface area contributed by atoms with Crippen LogP contribution < -0.4 is 5.73 Å². The normalized spacial score (nSPS) is 10.6. The fourth-order valence-electron chi connectivity index (χ4n) is 1.93. The van der Waals surface area contributed by atoms with Gasteiger partial charge in [0.05, 0.1) is 5.56 Å². The first-order valence-electron chi connectivity index (χ1n) is 5.68. The Morgan fingerprint density at radius 2 is 1.95 bits per heavy atom. The van der Waals surface area contributed by atoms with E-state index in [1.165, 1.54) is 6.07 Å². The lowest BCUT2D eigenvalue weighted by molar-refractivity contribution is 0.439. The second-order valence-electron chi connectivity index (χ2n) is 3.99. The van der Waals surface area contributed by atoms with Crippen LogP contribution in [0.2, 0.25) is 0 Å². The third-order valence-electron chi connectivity index (χ3n) is 2.80. The summed E-state index contributed by atoms with van der Waals surface area (Å²) >= 11 is 0. The minimum atomic E-state index is -0.373. The Morgan fingerprint density at radius 3 is 2.68 bits per heavy atom. The minimum absolute atomic E-state index is 0.0870. The summed E-state index contributed by atoms with van der Waals surface area (Å²) in [6.45, 7) is 0. The second-order valence-corrected chi connectivity index (χ2v) is 3.99. The minimum Gasteiger partial charge on any atom is -0.367 e. The van der Waals surface area contributed by atoms with E-state index < -0.39 is 0 Å².